The largest absolute Gasteiger partial charge is 0.311 e. The molecular weight excluding hydrogens is 438 g/mol. The van der Waals surface area contributed by atoms with Crippen molar-refractivity contribution in [1.82, 2.24) is 14.8 Å². The average Bonchev–Trinajstić information content (AvgIpc) is 2.92. The molecule has 0 fully saturated rings. The van der Waals surface area contributed by atoms with E-state index in [1.807, 2.05) is 4.57 Å². The zero-order valence-corrected chi connectivity index (χ0v) is 17.5. The van der Waals surface area contributed by atoms with E-state index in [1.165, 1.54) is 36.4 Å². The van der Waals surface area contributed by atoms with Gasteiger partial charge in [-0.25, -0.2) is 12.8 Å². The van der Waals surface area contributed by atoms with Crippen molar-refractivity contribution in [2.24, 2.45) is 0 Å². The molecule has 1 aliphatic heterocycles. The molecular formula is C19H17Cl2FN4O2S. The molecule has 0 saturated heterocycles. The third-order valence-corrected chi connectivity index (χ3v) is 6.85. The molecule has 10 heteroatoms. The fourth-order valence-electron chi connectivity index (χ4n) is 3.34. The summed E-state index contributed by atoms with van der Waals surface area (Å²) in [4.78, 5) is -0.158. The Morgan fingerprint density at radius 1 is 1.03 bits per heavy atom. The van der Waals surface area contributed by atoms with Gasteiger partial charge in [-0.15, -0.1) is 10.2 Å². The van der Waals surface area contributed by atoms with E-state index in [9.17, 15) is 12.8 Å². The van der Waals surface area contributed by atoms with E-state index < -0.39 is 15.8 Å². The minimum absolute atomic E-state index is 0.0343. The molecule has 6 nitrogen and oxygen atoms in total. The molecule has 4 rings (SSSR count). The summed E-state index contributed by atoms with van der Waals surface area (Å²) in [6.45, 7) is 0.700. The van der Waals surface area contributed by atoms with E-state index in [1.54, 1.807) is 0 Å². The van der Waals surface area contributed by atoms with Crippen LogP contribution in [0.3, 0.4) is 0 Å². The zero-order valence-electron chi connectivity index (χ0n) is 15.2. The summed E-state index contributed by atoms with van der Waals surface area (Å²) in [5, 5.41) is 8.60. The summed E-state index contributed by atoms with van der Waals surface area (Å²) in [6.07, 6.45) is 3.83. The molecule has 1 aliphatic rings. The van der Waals surface area contributed by atoms with Gasteiger partial charge in [-0.05, 0) is 49.2 Å². The Balaban J connectivity index is 1.71. The van der Waals surface area contributed by atoms with Crippen LogP contribution in [0.5, 0.6) is 0 Å². The maximum Gasteiger partial charge on any atom is 0.263 e. The highest BCUT2D eigenvalue weighted by Crippen LogP contribution is 2.30. The van der Waals surface area contributed by atoms with Crippen LogP contribution in [0.15, 0.2) is 41.3 Å². The molecule has 0 bridgehead atoms. The van der Waals surface area contributed by atoms with Crippen molar-refractivity contribution in [2.45, 2.75) is 37.1 Å². The van der Waals surface area contributed by atoms with Crippen LogP contribution in [0.2, 0.25) is 10.0 Å². The lowest BCUT2D eigenvalue weighted by Gasteiger charge is -2.12. The molecule has 0 aliphatic carbocycles. The smallest absolute Gasteiger partial charge is 0.263 e. The number of hydrogen-bond acceptors (Lipinski definition) is 4. The van der Waals surface area contributed by atoms with Crippen molar-refractivity contribution in [2.75, 3.05) is 4.72 Å². The summed E-state index contributed by atoms with van der Waals surface area (Å²) in [7, 11) is -4.02. The second kappa shape index (κ2) is 7.93. The maximum absolute atomic E-state index is 14.6. The quantitative estimate of drug-likeness (QED) is 0.606. The van der Waals surface area contributed by atoms with Gasteiger partial charge in [0.1, 0.15) is 16.5 Å². The van der Waals surface area contributed by atoms with Crippen molar-refractivity contribution in [3.63, 3.8) is 0 Å². The predicted octanol–water partition coefficient (Wildman–Crippen LogP) is 4.92. The van der Waals surface area contributed by atoms with Crippen LogP contribution in [0.4, 0.5) is 10.1 Å². The van der Waals surface area contributed by atoms with Crippen LogP contribution >= 0.6 is 23.2 Å². The van der Waals surface area contributed by atoms with Crippen LogP contribution in [0.25, 0.3) is 11.4 Å². The van der Waals surface area contributed by atoms with Gasteiger partial charge in [0.15, 0.2) is 5.82 Å². The Morgan fingerprint density at radius 3 is 2.69 bits per heavy atom. The number of aromatic nitrogens is 3. The Hall–Kier alpha value is -2.16. The highest BCUT2D eigenvalue weighted by atomic mass is 35.5. The third kappa shape index (κ3) is 4.10. The lowest BCUT2D eigenvalue weighted by atomic mass is 10.1. The van der Waals surface area contributed by atoms with Crippen molar-refractivity contribution < 1.29 is 12.8 Å². The SMILES string of the molecule is O=S(=O)(Nc1ccc(F)c(-c2nnc3n2CCCCC3)c1)c1cc(Cl)ccc1Cl. The van der Waals surface area contributed by atoms with E-state index in [0.29, 0.717) is 12.4 Å². The van der Waals surface area contributed by atoms with Gasteiger partial charge in [-0.3, -0.25) is 4.72 Å². The maximum atomic E-state index is 14.6. The van der Waals surface area contributed by atoms with Crippen LogP contribution in [0.1, 0.15) is 25.1 Å². The first-order valence-corrected chi connectivity index (χ1v) is 11.3. The predicted molar refractivity (Wildman–Crippen MR) is 110 cm³/mol. The molecule has 2 aromatic carbocycles. The van der Waals surface area contributed by atoms with Gasteiger partial charge < -0.3 is 4.57 Å². The first-order valence-electron chi connectivity index (χ1n) is 9.05. The molecule has 0 saturated carbocycles. The first kappa shape index (κ1) is 20.1. The molecule has 0 amide bonds. The van der Waals surface area contributed by atoms with Crippen LogP contribution < -0.4 is 4.72 Å². The number of nitrogens with one attached hydrogen (secondary N) is 1. The first-order chi connectivity index (χ1) is 13.8. The fourth-order valence-corrected chi connectivity index (χ4v) is 5.15. The molecule has 152 valence electrons. The summed E-state index contributed by atoms with van der Waals surface area (Å²) in [5.41, 5.74) is 0.367. The average molecular weight is 455 g/mol. The zero-order chi connectivity index (χ0) is 20.6. The molecule has 0 unspecified atom stereocenters. The van der Waals surface area contributed by atoms with Crippen LogP contribution in [0, 0.1) is 5.82 Å². The summed E-state index contributed by atoms with van der Waals surface area (Å²) in [6, 6.07) is 8.11. The number of anilines is 1. The molecule has 29 heavy (non-hydrogen) atoms. The van der Waals surface area contributed by atoms with Gasteiger partial charge in [0, 0.05) is 23.7 Å². The van der Waals surface area contributed by atoms with Crippen molar-refractivity contribution >= 4 is 38.9 Å². The number of fused-ring (bicyclic) bond motifs is 1. The number of hydrogen-bond donors (Lipinski definition) is 1. The standard InChI is InChI=1S/C19H17Cl2FN4O2S/c20-12-5-7-15(21)17(10-12)29(27,28)25-13-6-8-16(22)14(11-13)19-24-23-18-4-2-1-3-9-26(18)19/h5-8,10-11,25H,1-4,9H2. The number of nitrogens with zero attached hydrogens (tertiary/aromatic N) is 3. The molecule has 0 spiro atoms. The topological polar surface area (TPSA) is 76.9 Å². The second-order valence-corrected chi connectivity index (χ2v) is 9.27. The molecule has 3 aromatic rings. The Kier molecular flexibility index (Phi) is 5.50. The number of halogens is 3. The summed E-state index contributed by atoms with van der Waals surface area (Å²) < 4.78 is 44.4. The van der Waals surface area contributed by atoms with Crippen LogP contribution in [-0.2, 0) is 23.0 Å². The van der Waals surface area contributed by atoms with Crippen molar-refractivity contribution in [1.29, 1.82) is 0 Å². The minimum Gasteiger partial charge on any atom is -0.311 e. The highest BCUT2D eigenvalue weighted by Gasteiger charge is 2.22. The molecule has 1 N–H and O–H groups in total. The Bertz CT molecular complexity index is 1180. The summed E-state index contributed by atoms with van der Waals surface area (Å²) in [5.74, 6) is 0.697. The van der Waals surface area contributed by atoms with Gasteiger partial charge in [0.25, 0.3) is 10.0 Å². The van der Waals surface area contributed by atoms with E-state index in [2.05, 4.69) is 14.9 Å². The van der Waals surface area contributed by atoms with Crippen LogP contribution in [-0.4, -0.2) is 23.2 Å². The van der Waals surface area contributed by atoms with Gasteiger partial charge in [0.05, 0.1) is 10.6 Å². The second-order valence-electron chi connectivity index (χ2n) is 6.78. The van der Waals surface area contributed by atoms with E-state index >= 15 is 0 Å². The van der Waals surface area contributed by atoms with Crippen molar-refractivity contribution in [3.8, 4) is 11.4 Å². The normalized spacial score (nSPS) is 14.3. The Morgan fingerprint density at radius 2 is 1.86 bits per heavy atom. The van der Waals surface area contributed by atoms with Crippen molar-refractivity contribution in [3.05, 3.63) is 58.1 Å². The van der Waals surface area contributed by atoms with E-state index in [4.69, 9.17) is 23.2 Å². The van der Waals surface area contributed by atoms with Gasteiger partial charge >= 0.3 is 0 Å². The number of aryl methyl sites for hydroxylation is 1. The lowest BCUT2D eigenvalue weighted by Crippen LogP contribution is -2.14. The molecule has 1 aromatic heterocycles. The Labute approximate surface area is 177 Å². The molecule has 2 heterocycles. The highest BCUT2D eigenvalue weighted by molar-refractivity contribution is 7.92. The van der Waals surface area contributed by atoms with Gasteiger partial charge in [-0.2, -0.15) is 0 Å². The third-order valence-electron chi connectivity index (χ3n) is 4.75. The van der Waals surface area contributed by atoms with Gasteiger partial charge in [-0.1, -0.05) is 29.6 Å². The van der Waals surface area contributed by atoms with E-state index in [0.717, 1.165) is 31.5 Å². The summed E-state index contributed by atoms with van der Waals surface area (Å²) >= 11 is 11.9. The molecule has 0 radical (unpaired) electrons. The lowest BCUT2D eigenvalue weighted by molar-refractivity contribution is 0.601. The minimum atomic E-state index is -4.02. The number of benzene rings is 2. The number of sulfonamides is 1. The monoisotopic (exact) mass is 454 g/mol. The molecule has 0 atom stereocenters. The van der Waals surface area contributed by atoms with E-state index in [-0.39, 0.29) is 26.2 Å². The number of rotatable bonds is 4. The fraction of sp³-hybridized carbons (Fsp3) is 0.263. The van der Waals surface area contributed by atoms with Gasteiger partial charge in [0.2, 0.25) is 0 Å².